The summed E-state index contributed by atoms with van der Waals surface area (Å²) in [6, 6.07) is 6.39. The molecule has 0 saturated carbocycles. The van der Waals surface area contributed by atoms with Crippen molar-refractivity contribution in [2.45, 2.75) is 29.9 Å². The van der Waals surface area contributed by atoms with Crippen LogP contribution in [0.1, 0.15) is 19.8 Å². The van der Waals surface area contributed by atoms with Crippen molar-refractivity contribution in [3.8, 4) is 0 Å². The summed E-state index contributed by atoms with van der Waals surface area (Å²) in [5.41, 5.74) is -0.851. The van der Waals surface area contributed by atoms with Crippen LogP contribution in [-0.4, -0.2) is 28.1 Å². The van der Waals surface area contributed by atoms with Crippen molar-refractivity contribution in [1.29, 1.82) is 0 Å². The van der Waals surface area contributed by atoms with Gasteiger partial charge in [0, 0.05) is 16.6 Å². The summed E-state index contributed by atoms with van der Waals surface area (Å²) < 4.78 is 54.4. The van der Waals surface area contributed by atoms with E-state index >= 15 is 0 Å². The van der Waals surface area contributed by atoms with Crippen LogP contribution in [0.15, 0.2) is 47.4 Å². The Hall–Kier alpha value is -3.34. The highest BCUT2D eigenvalue weighted by Gasteiger charge is 2.34. The molecule has 0 fully saturated rings. The molecule has 0 aliphatic heterocycles. The van der Waals surface area contributed by atoms with E-state index in [2.05, 4.69) is 5.32 Å². The fourth-order valence-corrected chi connectivity index (χ4v) is 4.35. The Balaban J connectivity index is 1.67. The van der Waals surface area contributed by atoms with Crippen molar-refractivity contribution in [3.63, 3.8) is 0 Å². The highest BCUT2D eigenvalue weighted by atomic mass is 32.2. The number of carboxylic acids is 1. The molecule has 0 spiro atoms. The number of carboxylic acid groups (broad SMARTS) is 1. The SMILES string of the molecule is CC(Sc1cccc(NC(=O)C2CC=CCC2C(=O)O)c1)C(=O)Nc1c(F)c(F)cc(F)c1F. The second-order valence-corrected chi connectivity index (χ2v) is 9.02. The van der Waals surface area contributed by atoms with Gasteiger partial charge in [-0.2, -0.15) is 0 Å². The Bertz CT molecular complexity index is 1130. The highest BCUT2D eigenvalue weighted by molar-refractivity contribution is 8.00. The highest BCUT2D eigenvalue weighted by Crippen LogP contribution is 2.30. The number of hydrogen-bond donors (Lipinski definition) is 3. The molecule has 0 radical (unpaired) electrons. The molecule has 180 valence electrons. The second kappa shape index (κ2) is 10.7. The number of anilines is 2. The number of benzene rings is 2. The molecule has 2 amide bonds. The van der Waals surface area contributed by atoms with Crippen molar-refractivity contribution in [3.05, 3.63) is 65.8 Å². The molecule has 0 heterocycles. The van der Waals surface area contributed by atoms with Gasteiger partial charge in [-0.15, -0.1) is 11.8 Å². The summed E-state index contributed by atoms with van der Waals surface area (Å²) in [4.78, 5) is 36.9. The Morgan fingerprint density at radius 2 is 1.59 bits per heavy atom. The summed E-state index contributed by atoms with van der Waals surface area (Å²) in [6.07, 6.45) is 4.03. The number of rotatable bonds is 7. The summed E-state index contributed by atoms with van der Waals surface area (Å²) in [6.45, 7) is 1.42. The van der Waals surface area contributed by atoms with Crippen molar-refractivity contribution < 1.29 is 37.1 Å². The Kier molecular flexibility index (Phi) is 7.98. The zero-order valence-corrected chi connectivity index (χ0v) is 18.6. The van der Waals surface area contributed by atoms with Gasteiger partial charge in [0.15, 0.2) is 23.3 Å². The molecule has 3 atom stereocenters. The van der Waals surface area contributed by atoms with Gasteiger partial charge < -0.3 is 15.7 Å². The van der Waals surface area contributed by atoms with Crippen LogP contribution >= 0.6 is 11.8 Å². The van der Waals surface area contributed by atoms with E-state index in [0.717, 1.165) is 11.8 Å². The second-order valence-electron chi connectivity index (χ2n) is 7.60. The smallest absolute Gasteiger partial charge is 0.307 e. The first-order chi connectivity index (χ1) is 16.1. The lowest BCUT2D eigenvalue weighted by atomic mass is 9.82. The van der Waals surface area contributed by atoms with E-state index in [-0.39, 0.29) is 12.5 Å². The van der Waals surface area contributed by atoms with Crippen LogP contribution in [-0.2, 0) is 14.4 Å². The van der Waals surface area contributed by atoms with Crippen LogP contribution in [0.4, 0.5) is 28.9 Å². The maximum Gasteiger partial charge on any atom is 0.307 e. The zero-order chi connectivity index (χ0) is 25.0. The first-order valence-electron chi connectivity index (χ1n) is 10.2. The minimum absolute atomic E-state index is 0.0422. The lowest BCUT2D eigenvalue weighted by Crippen LogP contribution is -2.34. The molecule has 3 rings (SSSR count). The van der Waals surface area contributed by atoms with Gasteiger partial charge in [-0.05, 0) is 38.0 Å². The predicted molar refractivity (Wildman–Crippen MR) is 118 cm³/mol. The largest absolute Gasteiger partial charge is 0.481 e. The van der Waals surface area contributed by atoms with E-state index in [9.17, 15) is 37.1 Å². The van der Waals surface area contributed by atoms with Crippen LogP contribution in [0, 0.1) is 35.1 Å². The number of carbonyl (C=O) groups is 3. The van der Waals surface area contributed by atoms with Gasteiger partial charge in [0.2, 0.25) is 11.8 Å². The normalized spacial score (nSPS) is 18.3. The molecule has 6 nitrogen and oxygen atoms in total. The van der Waals surface area contributed by atoms with Crippen LogP contribution in [0.2, 0.25) is 0 Å². The third-order valence-electron chi connectivity index (χ3n) is 5.23. The molecular formula is C23H20F4N2O4S. The number of nitrogens with one attached hydrogen (secondary N) is 2. The summed E-state index contributed by atoms with van der Waals surface area (Å²) in [5.74, 6) is -10.7. The van der Waals surface area contributed by atoms with E-state index in [0.29, 0.717) is 17.0 Å². The first kappa shape index (κ1) is 25.3. The maximum absolute atomic E-state index is 13.8. The van der Waals surface area contributed by atoms with Gasteiger partial charge >= 0.3 is 5.97 Å². The Morgan fingerprint density at radius 1 is 0.971 bits per heavy atom. The van der Waals surface area contributed by atoms with Gasteiger partial charge in [0.05, 0.1) is 17.1 Å². The number of thioether (sulfide) groups is 1. The molecule has 0 saturated heterocycles. The average Bonchev–Trinajstić information content (AvgIpc) is 2.80. The van der Waals surface area contributed by atoms with Crippen molar-refractivity contribution in [2.24, 2.45) is 11.8 Å². The summed E-state index contributed by atoms with van der Waals surface area (Å²) in [5, 5.41) is 12.9. The molecule has 3 unspecified atom stereocenters. The van der Waals surface area contributed by atoms with Gasteiger partial charge in [0.25, 0.3) is 0 Å². The summed E-state index contributed by atoms with van der Waals surface area (Å²) >= 11 is 0.972. The van der Waals surface area contributed by atoms with E-state index in [1.165, 1.54) is 6.92 Å². The van der Waals surface area contributed by atoms with E-state index in [1.807, 2.05) is 5.32 Å². The zero-order valence-electron chi connectivity index (χ0n) is 17.8. The van der Waals surface area contributed by atoms with Gasteiger partial charge in [-0.1, -0.05) is 18.2 Å². The van der Waals surface area contributed by atoms with Crippen LogP contribution in [0.3, 0.4) is 0 Å². The summed E-state index contributed by atoms with van der Waals surface area (Å²) in [7, 11) is 0. The standard InChI is InChI=1S/C23H20F4N2O4S/c1-11(21(30)29-20-18(26)16(24)10-17(25)19(20)27)34-13-6-4-5-12(9-13)28-22(31)14-7-2-3-8-15(14)23(32)33/h2-6,9-11,14-15H,7-8H2,1H3,(H,28,31)(H,29,30)(H,32,33). The van der Waals surface area contributed by atoms with Crippen molar-refractivity contribution >= 4 is 40.9 Å². The molecule has 11 heteroatoms. The predicted octanol–water partition coefficient (Wildman–Crippen LogP) is 4.97. The number of hydrogen-bond acceptors (Lipinski definition) is 4. The molecule has 2 aromatic carbocycles. The van der Waals surface area contributed by atoms with Crippen molar-refractivity contribution in [1.82, 2.24) is 0 Å². The fraction of sp³-hybridized carbons (Fsp3) is 0.261. The first-order valence-corrected chi connectivity index (χ1v) is 11.1. The maximum atomic E-state index is 13.8. The average molecular weight is 496 g/mol. The monoisotopic (exact) mass is 496 g/mol. The lowest BCUT2D eigenvalue weighted by Gasteiger charge is -2.24. The molecule has 0 aromatic heterocycles. The molecular weight excluding hydrogens is 476 g/mol. The third-order valence-corrected chi connectivity index (χ3v) is 6.32. The number of carbonyl (C=O) groups excluding carboxylic acids is 2. The Morgan fingerprint density at radius 3 is 2.21 bits per heavy atom. The van der Waals surface area contributed by atoms with E-state index in [4.69, 9.17) is 0 Å². The topological polar surface area (TPSA) is 95.5 Å². The molecule has 3 N–H and O–H groups in total. The minimum Gasteiger partial charge on any atom is -0.481 e. The molecule has 34 heavy (non-hydrogen) atoms. The quantitative estimate of drug-likeness (QED) is 0.218. The number of allylic oxidation sites excluding steroid dienone is 2. The molecule has 1 aliphatic carbocycles. The van der Waals surface area contributed by atoms with Crippen LogP contribution < -0.4 is 10.6 Å². The van der Waals surface area contributed by atoms with E-state index in [1.54, 1.807) is 36.4 Å². The fourth-order valence-electron chi connectivity index (χ4n) is 3.42. The number of halogens is 4. The van der Waals surface area contributed by atoms with Crippen LogP contribution in [0.5, 0.6) is 0 Å². The molecule has 0 bridgehead atoms. The third kappa shape index (κ3) is 5.77. The molecule has 1 aliphatic rings. The van der Waals surface area contributed by atoms with Gasteiger partial charge in [-0.25, -0.2) is 17.6 Å². The lowest BCUT2D eigenvalue weighted by molar-refractivity contribution is -0.146. The minimum atomic E-state index is -1.72. The molecule has 2 aromatic rings. The van der Waals surface area contributed by atoms with E-state index < -0.39 is 63.8 Å². The number of amides is 2. The van der Waals surface area contributed by atoms with Gasteiger partial charge in [-0.3, -0.25) is 14.4 Å². The van der Waals surface area contributed by atoms with Crippen molar-refractivity contribution in [2.75, 3.05) is 10.6 Å². The Labute approximate surface area is 196 Å². The van der Waals surface area contributed by atoms with Gasteiger partial charge in [0.1, 0.15) is 5.69 Å². The number of aliphatic carboxylic acids is 1. The van der Waals surface area contributed by atoms with Crippen LogP contribution in [0.25, 0.3) is 0 Å².